The van der Waals surface area contributed by atoms with Gasteiger partial charge >= 0.3 is 0 Å². The molecule has 2 heterocycles. The van der Waals surface area contributed by atoms with E-state index in [4.69, 9.17) is 11.6 Å². The number of para-hydroxylation sites is 1. The SMILES string of the molecule is O=S(=O)(O)c1cn(CC2=NCCN2)c2c(Cl)cccc12. The van der Waals surface area contributed by atoms with E-state index < -0.39 is 10.1 Å². The molecule has 2 N–H and O–H groups in total. The number of aromatic nitrogens is 1. The quantitative estimate of drug-likeness (QED) is 0.842. The Morgan fingerprint density at radius 2 is 2.25 bits per heavy atom. The van der Waals surface area contributed by atoms with Crippen molar-refractivity contribution >= 4 is 38.5 Å². The first-order valence-electron chi connectivity index (χ1n) is 5.99. The molecule has 3 rings (SSSR count). The van der Waals surface area contributed by atoms with Gasteiger partial charge in [-0.15, -0.1) is 0 Å². The molecular formula is C12H12ClN3O3S. The van der Waals surface area contributed by atoms with Gasteiger partial charge in [0.1, 0.15) is 10.7 Å². The molecule has 1 aromatic heterocycles. The number of hydrogen-bond donors (Lipinski definition) is 2. The van der Waals surface area contributed by atoms with Crippen LogP contribution in [-0.4, -0.2) is 36.5 Å². The summed E-state index contributed by atoms with van der Waals surface area (Å²) in [4.78, 5) is 4.12. The highest BCUT2D eigenvalue weighted by Gasteiger charge is 2.21. The van der Waals surface area contributed by atoms with Gasteiger partial charge in [0.05, 0.1) is 23.6 Å². The smallest absolute Gasteiger partial charge is 0.296 e. The van der Waals surface area contributed by atoms with Crippen LogP contribution in [0.1, 0.15) is 0 Å². The maximum atomic E-state index is 11.5. The summed E-state index contributed by atoms with van der Waals surface area (Å²) in [5.41, 5.74) is 0.568. The summed E-state index contributed by atoms with van der Waals surface area (Å²) in [6.45, 7) is 1.86. The van der Waals surface area contributed by atoms with E-state index in [1.54, 1.807) is 22.8 Å². The largest absolute Gasteiger partial charge is 0.370 e. The van der Waals surface area contributed by atoms with Crippen molar-refractivity contribution in [1.29, 1.82) is 0 Å². The van der Waals surface area contributed by atoms with Gasteiger partial charge in [-0.3, -0.25) is 9.55 Å². The molecule has 106 valence electrons. The Morgan fingerprint density at radius 3 is 2.90 bits per heavy atom. The molecule has 0 bridgehead atoms. The van der Waals surface area contributed by atoms with Gasteiger partial charge in [-0.2, -0.15) is 8.42 Å². The summed E-state index contributed by atoms with van der Waals surface area (Å²) in [5.74, 6) is 0.767. The average Bonchev–Trinajstić information content (AvgIpc) is 2.97. The predicted molar refractivity (Wildman–Crippen MR) is 77.1 cm³/mol. The van der Waals surface area contributed by atoms with Crippen molar-refractivity contribution in [3.8, 4) is 0 Å². The Kier molecular flexibility index (Phi) is 3.19. The Morgan fingerprint density at radius 1 is 1.45 bits per heavy atom. The molecule has 6 nitrogen and oxygen atoms in total. The van der Waals surface area contributed by atoms with Crippen molar-refractivity contribution in [2.24, 2.45) is 4.99 Å². The van der Waals surface area contributed by atoms with Gasteiger partial charge in [0.15, 0.2) is 0 Å². The van der Waals surface area contributed by atoms with E-state index in [1.807, 2.05) is 0 Å². The van der Waals surface area contributed by atoms with Crippen molar-refractivity contribution in [3.05, 3.63) is 29.4 Å². The average molecular weight is 314 g/mol. The van der Waals surface area contributed by atoms with Gasteiger partial charge in [0, 0.05) is 18.1 Å². The van der Waals surface area contributed by atoms with Crippen LogP contribution in [0.4, 0.5) is 0 Å². The highest BCUT2D eigenvalue weighted by Crippen LogP contribution is 2.30. The summed E-state index contributed by atoms with van der Waals surface area (Å²) >= 11 is 6.15. The second-order valence-corrected chi connectivity index (χ2v) is 6.28. The summed E-state index contributed by atoms with van der Waals surface area (Å²) in [6.07, 6.45) is 1.38. The molecule has 1 aliphatic rings. The van der Waals surface area contributed by atoms with Gasteiger partial charge in [0.25, 0.3) is 10.1 Å². The first-order chi connectivity index (χ1) is 9.47. The fraction of sp³-hybridized carbons (Fsp3) is 0.250. The van der Waals surface area contributed by atoms with Crippen LogP contribution in [0.15, 0.2) is 34.3 Å². The van der Waals surface area contributed by atoms with Gasteiger partial charge in [-0.05, 0) is 6.07 Å². The minimum atomic E-state index is -4.30. The molecule has 0 spiro atoms. The van der Waals surface area contributed by atoms with E-state index in [1.165, 1.54) is 6.20 Å². The van der Waals surface area contributed by atoms with Crippen LogP contribution >= 0.6 is 11.6 Å². The summed E-state index contributed by atoms with van der Waals surface area (Å²) in [6, 6.07) is 4.94. The summed E-state index contributed by atoms with van der Waals surface area (Å²) in [7, 11) is -4.30. The maximum Gasteiger partial charge on any atom is 0.296 e. The normalized spacial score (nSPS) is 15.4. The van der Waals surface area contributed by atoms with Crippen LogP contribution in [0.5, 0.6) is 0 Å². The number of hydrogen-bond acceptors (Lipinski definition) is 4. The monoisotopic (exact) mass is 313 g/mol. The zero-order chi connectivity index (χ0) is 14.3. The zero-order valence-corrected chi connectivity index (χ0v) is 11.9. The Bertz CT molecular complexity index is 811. The maximum absolute atomic E-state index is 11.5. The molecule has 0 saturated carbocycles. The van der Waals surface area contributed by atoms with Crippen molar-refractivity contribution in [2.75, 3.05) is 13.1 Å². The molecule has 0 radical (unpaired) electrons. The third-order valence-electron chi connectivity index (χ3n) is 3.15. The van der Waals surface area contributed by atoms with Crippen LogP contribution < -0.4 is 5.32 Å². The fourth-order valence-electron chi connectivity index (χ4n) is 2.33. The molecular weight excluding hydrogens is 302 g/mol. The summed E-state index contributed by atoms with van der Waals surface area (Å²) in [5, 5.41) is 3.94. The lowest BCUT2D eigenvalue weighted by atomic mass is 10.2. The van der Waals surface area contributed by atoms with E-state index in [0.717, 1.165) is 12.4 Å². The molecule has 2 aromatic rings. The molecule has 0 saturated heterocycles. The number of halogens is 1. The highest BCUT2D eigenvalue weighted by atomic mass is 35.5. The van der Waals surface area contributed by atoms with Crippen molar-refractivity contribution in [2.45, 2.75) is 11.4 Å². The number of rotatable bonds is 3. The molecule has 0 fully saturated rings. The molecule has 0 atom stereocenters. The minimum absolute atomic E-state index is 0.145. The Hall–Kier alpha value is -1.57. The Balaban J connectivity index is 2.21. The standard InChI is InChI=1S/C12H12ClN3O3S/c13-9-3-1-2-8-10(20(17,18)19)6-16(12(8)9)7-11-14-4-5-15-11/h1-3,6H,4-5,7H2,(H,14,15)(H,17,18,19). The minimum Gasteiger partial charge on any atom is -0.370 e. The van der Waals surface area contributed by atoms with E-state index in [9.17, 15) is 13.0 Å². The number of fused-ring (bicyclic) bond motifs is 1. The third-order valence-corrected chi connectivity index (χ3v) is 4.34. The second kappa shape index (κ2) is 4.76. The van der Waals surface area contributed by atoms with Crippen LogP contribution in [0.25, 0.3) is 10.9 Å². The van der Waals surface area contributed by atoms with Gasteiger partial charge in [-0.1, -0.05) is 23.7 Å². The van der Waals surface area contributed by atoms with Crippen LogP contribution in [-0.2, 0) is 16.7 Å². The first kappa shape index (κ1) is 13.4. The number of nitrogens with zero attached hydrogens (tertiary/aromatic N) is 2. The topological polar surface area (TPSA) is 83.7 Å². The summed E-state index contributed by atoms with van der Waals surface area (Å²) < 4.78 is 33.9. The van der Waals surface area contributed by atoms with E-state index in [2.05, 4.69) is 10.3 Å². The predicted octanol–water partition coefficient (Wildman–Crippen LogP) is 1.54. The van der Waals surface area contributed by atoms with Crippen LogP contribution in [0.3, 0.4) is 0 Å². The molecule has 1 aromatic carbocycles. The molecule has 0 unspecified atom stereocenters. The van der Waals surface area contributed by atoms with E-state index in [-0.39, 0.29) is 4.90 Å². The number of benzene rings is 1. The zero-order valence-electron chi connectivity index (χ0n) is 10.4. The molecule has 8 heteroatoms. The van der Waals surface area contributed by atoms with Crippen molar-refractivity contribution < 1.29 is 13.0 Å². The second-order valence-electron chi connectivity index (χ2n) is 4.49. The van der Waals surface area contributed by atoms with E-state index in [0.29, 0.717) is 29.0 Å². The highest BCUT2D eigenvalue weighted by molar-refractivity contribution is 7.86. The molecule has 0 aliphatic carbocycles. The van der Waals surface area contributed by atoms with Crippen molar-refractivity contribution in [3.63, 3.8) is 0 Å². The Labute approximate surface area is 120 Å². The van der Waals surface area contributed by atoms with Crippen LogP contribution in [0.2, 0.25) is 5.02 Å². The van der Waals surface area contributed by atoms with Gasteiger partial charge in [-0.25, -0.2) is 0 Å². The fourth-order valence-corrected chi connectivity index (χ4v) is 3.31. The van der Waals surface area contributed by atoms with Gasteiger partial charge < -0.3 is 9.88 Å². The number of amidine groups is 1. The van der Waals surface area contributed by atoms with Crippen LogP contribution in [0, 0.1) is 0 Å². The molecule has 1 aliphatic heterocycles. The lowest BCUT2D eigenvalue weighted by molar-refractivity contribution is 0.484. The third kappa shape index (κ3) is 2.28. The van der Waals surface area contributed by atoms with E-state index >= 15 is 0 Å². The number of nitrogens with one attached hydrogen (secondary N) is 1. The molecule has 20 heavy (non-hydrogen) atoms. The number of aliphatic imine (C=N–C) groups is 1. The van der Waals surface area contributed by atoms with Crippen molar-refractivity contribution in [1.82, 2.24) is 9.88 Å². The lowest BCUT2D eigenvalue weighted by Gasteiger charge is -2.06. The lowest BCUT2D eigenvalue weighted by Crippen LogP contribution is -2.23. The first-order valence-corrected chi connectivity index (χ1v) is 7.80. The van der Waals surface area contributed by atoms with Gasteiger partial charge in [0.2, 0.25) is 0 Å². The molecule has 0 amide bonds.